The van der Waals surface area contributed by atoms with Crippen molar-refractivity contribution in [2.24, 2.45) is 0 Å². The number of nitrogens with one attached hydrogen (secondary N) is 1. The van der Waals surface area contributed by atoms with Gasteiger partial charge in [0.1, 0.15) is 11.1 Å². The second kappa shape index (κ2) is 6.97. The number of amides is 1. The molecule has 1 saturated carbocycles. The SMILES string of the molecule is C[C@H](C(=O)NC1CCCC1)[S@@](=O)Cc1ccccc1F. The third-order valence-corrected chi connectivity index (χ3v) is 5.32. The lowest BCUT2D eigenvalue weighted by Crippen LogP contribution is -2.41. The fourth-order valence-corrected chi connectivity index (χ4v) is 3.50. The van der Waals surface area contributed by atoms with Gasteiger partial charge >= 0.3 is 0 Å². The first kappa shape index (κ1) is 15.2. The van der Waals surface area contributed by atoms with Crippen LogP contribution in [0.15, 0.2) is 24.3 Å². The molecule has 0 aromatic heterocycles. The molecular formula is C15H20FNO2S. The van der Waals surface area contributed by atoms with E-state index < -0.39 is 16.0 Å². The molecule has 0 spiro atoms. The van der Waals surface area contributed by atoms with Crippen molar-refractivity contribution < 1.29 is 13.4 Å². The molecule has 0 heterocycles. The van der Waals surface area contributed by atoms with E-state index in [0.717, 1.165) is 25.7 Å². The average molecular weight is 297 g/mol. The largest absolute Gasteiger partial charge is 0.352 e. The number of hydrogen-bond donors (Lipinski definition) is 1. The minimum atomic E-state index is -1.41. The summed E-state index contributed by atoms with van der Waals surface area (Å²) in [4.78, 5) is 12.0. The molecule has 5 heteroatoms. The monoisotopic (exact) mass is 297 g/mol. The fraction of sp³-hybridized carbons (Fsp3) is 0.533. The summed E-state index contributed by atoms with van der Waals surface area (Å²) in [7, 11) is -1.41. The summed E-state index contributed by atoms with van der Waals surface area (Å²) in [6, 6.07) is 6.47. The molecule has 1 aliphatic rings. The summed E-state index contributed by atoms with van der Waals surface area (Å²) in [5, 5.41) is 2.32. The van der Waals surface area contributed by atoms with Gasteiger partial charge in [-0.25, -0.2) is 4.39 Å². The van der Waals surface area contributed by atoms with Gasteiger partial charge in [-0.15, -0.1) is 0 Å². The van der Waals surface area contributed by atoms with Crippen molar-refractivity contribution in [3.05, 3.63) is 35.6 Å². The summed E-state index contributed by atoms with van der Waals surface area (Å²) in [5.41, 5.74) is 0.395. The van der Waals surface area contributed by atoms with Crippen molar-refractivity contribution in [1.29, 1.82) is 0 Å². The lowest BCUT2D eigenvalue weighted by Gasteiger charge is -2.16. The van der Waals surface area contributed by atoms with Crippen LogP contribution in [-0.4, -0.2) is 21.4 Å². The average Bonchev–Trinajstić information content (AvgIpc) is 2.93. The zero-order chi connectivity index (χ0) is 14.5. The Balaban J connectivity index is 1.91. The predicted octanol–water partition coefficient (Wildman–Crippen LogP) is 2.52. The number of benzene rings is 1. The van der Waals surface area contributed by atoms with Crippen LogP contribution in [0.1, 0.15) is 38.2 Å². The Morgan fingerprint density at radius 3 is 2.70 bits per heavy atom. The summed E-state index contributed by atoms with van der Waals surface area (Å²) >= 11 is 0. The van der Waals surface area contributed by atoms with E-state index in [4.69, 9.17) is 0 Å². The second-order valence-electron chi connectivity index (χ2n) is 5.25. The third kappa shape index (κ3) is 3.88. The Kier molecular flexibility index (Phi) is 5.29. The second-order valence-corrected chi connectivity index (χ2v) is 7.01. The van der Waals surface area contributed by atoms with Gasteiger partial charge in [0.2, 0.25) is 5.91 Å². The summed E-state index contributed by atoms with van der Waals surface area (Å²) in [5.74, 6) is -0.484. The molecule has 0 saturated heterocycles. The van der Waals surface area contributed by atoms with Crippen LogP contribution in [0.4, 0.5) is 4.39 Å². The normalized spacial score (nSPS) is 18.7. The Bertz CT molecular complexity index is 500. The number of rotatable bonds is 5. The Hall–Kier alpha value is -1.23. The Morgan fingerprint density at radius 1 is 1.40 bits per heavy atom. The maximum Gasteiger partial charge on any atom is 0.235 e. The molecule has 1 fully saturated rings. The van der Waals surface area contributed by atoms with Crippen molar-refractivity contribution in [3.63, 3.8) is 0 Å². The highest BCUT2D eigenvalue weighted by Crippen LogP contribution is 2.18. The van der Waals surface area contributed by atoms with Crippen LogP contribution in [0.25, 0.3) is 0 Å². The molecule has 2 atom stereocenters. The molecule has 0 aliphatic heterocycles. The minimum absolute atomic E-state index is 0.0753. The lowest BCUT2D eigenvalue weighted by atomic mass is 10.2. The number of halogens is 1. The molecule has 1 amide bonds. The summed E-state index contributed by atoms with van der Waals surface area (Å²) in [6.45, 7) is 1.64. The molecule has 0 radical (unpaired) electrons. The van der Waals surface area contributed by atoms with Gasteiger partial charge in [-0.1, -0.05) is 31.0 Å². The highest BCUT2D eigenvalue weighted by Gasteiger charge is 2.24. The van der Waals surface area contributed by atoms with Crippen LogP contribution in [0.2, 0.25) is 0 Å². The smallest absolute Gasteiger partial charge is 0.235 e. The quantitative estimate of drug-likeness (QED) is 0.908. The third-order valence-electron chi connectivity index (χ3n) is 3.72. The van der Waals surface area contributed by atoms with Crippen LogP contribution in [-0.2, 0) is 21.3 Å². The van der Waals surface area contributed by atoms with Gasteiger partial charge in [-0.3, -0.25) is 9.00 Å². The molecule has 110 valence electrons. The van der Waals surface area contributed by atoms with Crippen molar-refractivity contribution in [1.82, 2.24) is 5.32 Å². The summed E-state index contributed by atoms with van der Waals surface area (Å²) in [6.07, 6.45) is 4.27. The predicted molar refractivity (Wildman–Crippen MR) is 78.1 cm³/mol. The highest BCUT2D eigenvalue weighted by atomic mass is 32.2. The van der Waals surface area contributed by atoms with Gasteiger partial charge in [-0.05, 0) is 25.8 Å². The van der Waals surface area contributed by atoms with Crippen LogP contribution in [0.5, 0.6) is 0 Å². The number of hydrogen-bond acceptors (Lipinski definition) is 2. The zero-order valence-corrected chi connectivity index (χ0v) is 12.4. The maximum atomic E-state index is 13.5. The van der Waals surface area contributed by atoms with E-state index in [1.54, 1.807) is 25.1 Å². The van der Waals surface area contributed by atoms with Crippen molar-refractivity contribution >= 4 is 16.7 Å². The summed E-state index contributed by atoms with van der Waals surface area (Å²) < 4.78 is 25.7. The fourth-order valence-electron chi connectivity index (χ4n) is 2.40. The van der Waals surface area contributed by atoms with E-state index in [0.29, 0.717) is 5.56 Å². The standard InChI is InChI=1S/C15H20FNO2S/c1-11(15(18)17-13-7-3-4-8-13)20(19)10-12-6-2-5-9-14(12)16/h2,5-6,9,11,13H,3-4,7-8,10H2,1H3,(H,17,18)/t11-,20+/m1/s1. The van der Waals surface area contributed by atoms with Gasteiger partial charge in [0.25, 0.3) is 0 Å². The molecule has 3 nitrogen and oxygen atoms in total. The van der Waals surface area contributed by atoms with E-state index in [1.165, 1.54) is 6.07 Å². The first-order valence-corrected chi connectivity index (χ1v) is 8.37. The van der Waals surface area contributed by atoms with Crippen LogP contribution < -0.4 is 5.32 Å². The molecular weight excluding hydrogens is 277 g/mol. The van der Waals surface area contributed by atoms with Gasteiger partial charge in [0.15, 0.2) is 0 Å². The van der Waals surface area contributed by atoms with Crippen molar-refractivity contribution in [2.45, 2.75) is 49.7 Å². The van der Waals surface area contributed by atoms with Crippen molar-refractivity contribution in [2.75, 3.05) is 0 Å². The molecule has 1 aromatic rings. The van der Waals surface area contributed by atoms with Gasteiger partial charge in [-0.2, -0.15) is 0 Å². The zero-order valence-electron chi connectivity index (χ0n) is 11.6. The van der Waals surface area contributed by atoms with E-state index >= 15 is 0 Å². The molecule has 0 unspecified atom stereocenters. The first-order valence-electron chi connectivity index (χ1n) is 6.99. The van der Waals surface area contributed by atoms with Gasteiger partial charge < -0.3 is 5.32 Å². The maximum absolute atomic E-state index is 13.5. The number of carbonyl (C=O) groups is 1. The lowest BCUT2D eigenvalue weighted by molar-refractivity contribution is -0.121. The van der Waals surface area contributed by atoms with Crippen LogP contribution in [0, 0.1) is 5.82 Å². The highest BCUT2D eigenvalue weighted by molar-refractivity contribution is 7.85. The van der Waals surface area contributed by atoms with Crippen LogP contribution >= 0.6 is 0 Å². The Morgan fingerprint density at radius 2 is 2.05 bits per heavy atom. The molecule has 20 heavy (non-hydrogen) atoms. The van der Waals surface area contributed by atoms with E-state index in [2.05, 4.69) is 5.32 Å². The van der Waals surface area contributed by atoms with E-state index in [-0.39, 0.29) is 23.5 Å². The van der Waals surface area contributed by atoms with Crippen molar-refractivity contribution in [3.8, 4) is 0 Å². The topological polar surface area (TPSA) is 46.2 Å². The Labute approximate surface area is 121 Å². The molecule has 0 bridgehead atoms. The number of carbonyl (C=O) groups excluding carboxylic acids is 1. The van der Waals surface area contributed by atoms with Gasteiger partial charge in [0, 0.05) is 22.4 Å². The minimum Gasteiger partial charge on any atom is -0.352 e. The molecule has 1 aliphatic carbocycles. The van der Waals surface area contributed by atoms with Gasteiger partial charge in [0.05, 0.1) is 5.75 Å². The molecule has 1 aromatic carbocycles. The van der Waals surface area contributed by atoms with E-state index in [1.807, 2.05) is 0 Å². The first-order chi connectivity index (χ1) is 9.58. The molecule has 1 N–H and O–H groups in total. The molecule has 2 rings (SSSR count). The van der Waals surface area contributed by atoms with E-state index in [9.17, 15) is 13.4 Å². The van der Waals surface area contributed by atoms with Crippen LogP contribution in [0.3, 0.4) is 0 Å².